The van der Waals surface area contributed by atoms with Gasteiger partial charge < -0.3 is 35.5 Å². The smallest absolute Gasteiger partial charge is 0.258 e. The first-order chi connectivity index (χ1) is 34.1. The summed E-state index contributed by atoms with van der Waals surface area (Å²) >= 11 is 0. The average Bonchev–Trinajstić information content (AvgIpc) is 4.19. The molecule has 20 nitrogen and oxygen atoms in total. The molecule has 0 aliphatic heterocycles. The third kappa shape index (κ3) is 10.1. The van der Waals surface area contributed by atoms with Crippen molar-refractivity contribution < 1.29 is 23.8 Å². The summed E-state index contributed by atoms with van der Waals surface area (Å²) in [5, 5.41) is 47.8. The predicted molar refractivity (Wildman–Crippen MR) is 262 cm³/mol. The summed E-state index contributed by atoms with van der Waals surface area (Å²) in [5.74, 6) is 2.81. The van der Waals surface area contributed by atoms with Gasteiger partial charge in [0.05, 0.1) is 41.8 Å². The number of ether oxygens (including phenoxy) is 3. The second-order valence-electron chi connectivity index (χ2n) is 16.8. The molecule has 1 unspecified atom stereocenters. The number of fused-ring (bicyclic) bond motifs is 4. The van der Waals surface area contributed by atoms with Crippen LogP contribution in [0.5, 0.6) is 17.2 Å². The largest absolute Gasteiger partial charge is 0.492 e. The van der Waals surface area contributed by atoms with Crippen LogP contribution < -0.4 is 35.5 Å². The van der Waals surface area contributed by atoms with Crippen molar-refractivity contribution >= 4 is 67.7 Å². The first-order valence-corrected chi connectivity index (χ1v) is 22.4. The number of hydrogen-bond acceptors (Lipinski definition) is 14. The Kier molecular flexibility index (Phi) is 12.3. The number of rotatable bonds is 18. The third-order valence-electron chi connectivity index (χ3n) is 11.0. The number of hydrogen-bond donors (Lipinski definition) is 6. The van der Waals surface area contributed by atoms with Gasteiger partial charge in [-0.3, -0.25) is 19.8 Å². The Morgan fingerprint density at radius 2 is 1.21 bits per heavy atom. The molecule has 70 heavy (non-hydrogen) atoms. The lowest BCUT2D eigenvalue weighted by Crippen LogP contribution is -2.36. The van der Waals surface area contributed by atoms with Gasteiger partial charge in [0.2, 0.25) is 0 Å². The van der Waals surface area contributed by atoms with Crippen LogP contribution in [0, 0.1) is 11.3 Å². The Bertz CT molecular complexity index is 3590. The molecule has 0 aliphatic rings. The fourth-order valence-electron chi connectivity index (χ4n) is 7.71. The monoisotopic (exact) mass is 935 g/mol. The minimum absolute atomic E-state index is 0.00186. The number of amides is 2. The van der Waals surface area contributed by atoms with Crippen molar-refractivity contribution in [2.24, 2.45) is 0 Å². The molecule has 0 spiro atoms. The first kappa shape index (κ1) is 44.3. The topological polar surface area (TPSA) is 251 Å². The molecular formula is C50H45N15O5. The second kappa shape index (κ2) is 19.4. The molecule has 20 heteroatoms. The first-order valence-electron chi connectivity index (χ1n) is 22.4. The molecule has 350 valence electrons. The maximum absolute atomic E-state index is 13.1. The lowest BCUT2D eigenvalue weighted by Gasteiger charge is -2.15. The number of aromatic nitrogens is 10. The third-order valence-corrected chi connectivity index (χ3v) is 11.0. The van der Waals surface area contributed by atoms with Crippen molar-refractivity contribution in [3.05, 3.63) is 127 Å². The molecule has 4 aromatic carbocycles. The van der Waals surface area contributed by atoms with Gasteiger partial charge in [-0.05, 0) is 87.5 Å². The standard InChI is InChI=1S/C50H45N15O5/c1-29(2)54-45(66)27-69-38-8-5-7-33(20-38)48-59-50(57-37-11-13-42-35(18-37)24-53-61-42)44-21-40(26-65(44)63-48)68-15-14-30(3)55-46(67)28-70-39-9-4-6-32(19-39)47-58-49(43-16-31(22-51)25-64(43)62-47)56-36-10-12-41-34(17-36)23-52-60-41/h4-13,16-21,23-26,29-30H,14-15,27-28H2,1-3H3,(H,52,60)(H,53,61)(H,54,66)(H,55,67)(H,56,58,62)(H,57,59,63). The SMILES string of the molecule is CC(C)NC(=O)COc1cccc(-c2nc(Nc3ccc4[nH]ncc4c3)c3cc(OCCC(C)NC(=O)COc4cccc(-c5nc(Nc6ccc7[nH]ncc7c6)c6cc(C#N)cn6n5)c4)cn3n2)c1. The van der Waals surface area contributed by atoms with Crippen molar-refractivity contribution in [1.82, 2.24) is 60.2 Å². The van der Waals surface area contributed by atoms with Gasteiger partial charge in [0.15, 0.2) is 36.5 Å². The number of H-pyrrole nitrogens is 2. The number of benzene rings is 4. The molecule has 6 aromatic heterocycles. The molecule has 1 atom stereocenters. The van der Waals surface area contributed by atoms with E-state index in [2.05, 4.69) is 52.8 Å². The molecular weight excluding hydrogens is 891 g/mol. The van der Waals surface area contributed by atoms with E-state index in [0.717, 1.165) is 33.2 Å². The quantitative estimate of drug-likeness (QED) is 0.0488. The number of nitriles is 1. The average molecular weight is 936 g/mol. The van der Waals surface area contributed by atoms with Gasteiger partial charge in [-0.2, -0.15) is 15.5 Å². The lowest BCUT2D eigenvalue weighted by atomic mass is 10.2. The van der Waals surface area contributed by atoms with Crippen molar-refractivity contribution in [1.29, 1.82) is 5.26 Å². The zero-order valence-electron chi connectivity index (χ0n) is 38.1. The predicted octanol–water partition coefficient (Wildman–Crippen LogP) is 7.47. The van der Waals surface area contributed by atoms with Gasteiger partial charge in [0, 0.05) is 64.0 Å². The van der Waals surface area contributed by atoms with E-state index in [1.54, 1.807) is 70.2 Å². The van der Waals surface area contributed by atoms with E-state index >= 15 is 0 Å². The maximum Gasteiger partial charge on any atom is 0.258 e. The summed E-state index contributed by atoms with van der Waals surface area (Å²) in [7, 11) is 0. The summed E-state index contributed by atoms with van der Waals surface area (Å²) in [6, 6.07) is 31.5. The molecule has 6 N–H and O–H groups in total. The second-order valence-corrected chi connectivity index (χ2v) is 16.8. The van der Waals surface area contributed by atoms with Crippen LogP contribution in [0.3, 0.4) is 0 Å². The summed E-state index contributed by atoms with van der Waals surface area (Å²) in [5.41, 5.74) is 6.43. The van der Waals surface area contributed by atoms with Crippen LogP contribution >= 0.6 is 0 Å². The van der Waals surface area contributed by atoms with Crippen LogP contribution in [0.1, 0.15) is 32.8 Å². The molecule has 0 saturated heterocycles. The fourth-order valence-corrected chi connectivity index (χ4v) is 7.71. The normalized spacial score (nSPS) is 11.8. The Morgan fingerprint density at radius 3 is 1.79 bits per heavy atom. The minimum Gasteiger partial charge on any atom is -0.492 e. The van der Waals surface area contributed by atoms with E-state index in [-0.39, 0.29) is 37.1 Å². The van der Waals surface area contributed by atoms with Crippen molar-refractivity contribution in [3.8, 4) is 46.1 Å². The summed E-state index contributed by atoms with van der Waals surface area (Å²) in [6.45, 7) is 5.62. The molecule has 10 aromatic rings. The molecule has 2 amide bonds. The number of nitrogens with one attached hydrogen (secondary N) is 6. The Morgan fingerprint density at radius 1 is 0.657 bits per heavy atom. The molecule has 0 aliphatic carbocycles. The maximum atomic E-state index is 13.1. The highest BCUT2D eigenvalue weighted by Crippen LogP contribution is 2.31. The van der Waals surface area contributed by atoms with Gasteiger partial charge in [-0.25, -0.2) is 19.0 Å². The number of carbonyl (C=O) groups is 2. The Balaban J connectivity index is 0.782. The van der Waals surface area contributed by atoms with E-state index < -0.39 is 0 Å². The highest BCUT2D eigenvalue weighted by Gasteiger charge is 2.17. The van der Waals surface area contributed by atoms with E-state index in [1.165, 1.54) is 0 Å². The zero-order valence-corrected chi connectivity index (χ0v) is 38.1. The number of aromatic amines is 2. The van der Waals surface area contributed by atoms with Crippen LogP contribution in [0.4, 0.5) is 23.0 Å². The van der Waals surface area contributed by atoms with Gasteiger partial charge in [-0.15, -0.1) is 10.2 Å². The van der Waals surface area contributed by atoms with Gasteiger partial charge in [0.25, 0.3) is 11.8 Å². The summed E-state index contributed by atoms with van der Waals surface area (Å²) < 4.78 is 21.3. The van der Waals surface area contributed by atoms with Crippen LogP contribution in [0.25, 0.3) is 55.6 Å². The lowest BCUT2D eigenvalue weighted by molar-refractivity contribution is -0.124. The summed E-state index contributed by atoms with van der Waals surface area (Å²) in [4.78, 5) is 35.1. The van der Waals surface area contributed by atoms with E-state index in [9.17, 15) is 14.9 Å². The highest BCUT2D eigenvalue weighted by atomic mass is 16.5. The Hall–Kier alpha value is -9.51. The number of anilines is 4. The van der Waals surface area contributed by atoms with E-state index in [0.29, 0.717) is 81.3 Å². The minimum atomic E-state index is -0.303. The van der Waals surface area contributed by atoms with Crippen molar-refractivity contribution in [3.63, 3.8) is 0 Å². The number of nitrogens with zero attached hydrogens (tertiary/aromatic N) is 9. The van der Waals surface area contributed by atoms with E-state index in [4.69, 9.17) is 29.3 Å². The molecule has 0 bridgehead atoms. The summed E-state index contributed by atoms with van der Waals surface area (Å²) in [6.07, 6.45) is 7.41. The van der Waals surface area contributed by atoms with Gasteiger partial charge >= 0.3 is 0 Å². The Labute approximate surface area is 399 Å². The zero-order chi connectivity index (χ0) is 48.1. The van der Waals surface area contributed by atoms with Gasteiger partial charge in [-0.1, -0.05) is 24.3 Å². The van der Waals surface area contributed by atoms with Crippen LogP contribution in [0.15, 0.2) is 122 Å². The molecule has 10 rings (SSSR count). The number of carbonyl (C=O) groups excluding carboxylic acids is 2. The van der Waals surface area contributed by atoms with Gasteiger partial charge in [0.1, 0.15) is 34.4 Å². The highest BCUT2D eigenvalue weighted by molar-refractivity contribution is 5.86. The molecule has 0 saturated carbocycles. The van der Waals surface area contributed by atoms with Crippen molar-refractivity contribution in [2.45, 2.75) is 39.3 Å². The molecule has 0 fully saturated rings. The van der Waals surface area contributed by atoms with Crippen molar-refractivity contribution in [2.75, 3.05) is 30.5 Å². The van der Waals surface area contributed by atoms with Crippen LogP contribution in [-0.2, 0) is 9.59 Å². The van der Waals surface area contributed by atoms with Crippen LogP contribution in [0.2, 0.25) is 0 Å². The molecule has 6 heterocycles. The van der Waals surface area contributed by atoms with E-state index in [1.807, 2.05) is 81.4 Å². The van der Waals surface area contributed by atoms with Crippen LogP contribution in [-0.4, -0.2) is 93.3 Å². The molecule has 0 radical (unpaired) electrons. The fraction of sp³-hybridized carbons (Fsp3) is 0.180.